The van der Waals surface area contributed by atoms with Crippen LogP contribution in [0.15, 0.2) is 28.7 Å². The van der Waals surface area contributed by atoms with Gasteiger partial charge in [-0.3, -0.25) is 14.5 Å². The van der Waals surface area contributed by atoms with Crippen LogP contribution in [0.4, 0.5) is 0 Å². The number of amides is 2. The summed E-state index contributed by atoms with van der Waals surface area (Å²) in [6.45, 7) is 6.48. The average molecular weight is 399 g/mol. The summed E-state index contributed by atoms with van der Waals surface area (Å²) >= 11 is 0. The second-order valence-electron chi connectivity index (χ2n) is 8.26. The van der Waals surface area contributed by atoms with Crippen molar-refractivity contribution < 1.29 is 19.1 Å². The van der Waals surface area contributed by atoms with Crippen molar-refractivity contribution in [2.45, 2.75) is 51.3 Å². The zero-order valence-electron chi connectivity index (χ0n) is 17.1. The number of furan rings is 1. The molecule has 1 aliphatic carbocycles. The minimum atomic E-state index is -0.636. The molecule has 0 spiro atoms. The van der Waals surface area contributed by atoms with Crippen LogP contribution < -0.4 is 5.32 Å². The Kier molecular flexibility index (Phi) is 5.61. The van der Waals surface area contributed by atoms with Gasteiger partial charge >= 0.3 is 0 Å². The Morgan fingerprint density at radius 3 is 2.62 bits per heavy atom. The number of carbonyl (C=O) groups is 2. The number of nitrogens with one attached hydrogen (secondary N) is 1. The largest absolute Gasteiger partial charge is 0.451 e. The van der Waals surface area contributed by atoms with E-state index in [1.54, 1.807) is 13.0 Å². The molecule has 1 aromatic carbocycles. The first kappa shape index (κ1) is 19.9. The number of piperazine rings is 1. The summed E-state index contributed by atoms with van der Waals surface area (Å²) in [4.78, 5) is 28.4. The van der Waals surface area contributed by atoms with Crippen molar-refractivity contribution in [3.8, 4) is 0 Å². The van der Waals surface area contributed by atoms with Gasteiger partial charge in [0, 0.05) is 44.5 Å². The molecular weight excluding hydrogens is 370 g/mol. The fraction of sp³-hybridized carbons (Fsp3) is 0.545. The van der Waals surface area contributed by atoms with E-state index in [-0.39, 0.29) is 29.7 Å². The molecule has 3 atom stereocenters. The highest BCUT2D eigenvalue weighted by molar-refractivity contribution is 5.96. The van der Waals surface area contributed by atoms with Crippen LogP contribution in [-0.2, 0) is 4.79 Å². The van der Waals surface area contributed by atoms with Crippen molar-refractivity contribution in [3.63, 3.8) is 0 Å². The Labute approximate surface area is 170 Å². The van der Waals surface area contributed by atoms with Gasteiger partial charge < -0.3 is 19.7 Å². The molecule has 2 aromatic rings. The Morgan fingerprint density at radius 1 is 1.14 bits per heavy atom. The number of rotatable bonds is 3. The number of benzene rings is 1. The van der Waals surface area contributed by atoms with Crippen LogP contribution in [0.2, 0.25) is 0 Å². The van der Waals surface area contributed by atoms with Gasteiger partial charge in [-0.15, -0.1) is 0 Å². The first-order valence-electron chi connectivity index (χ1n) is 10.4. The van der Waals surface area contributed by atoms with E-state index in [1.807, 2.05) is 30.0 Å². The van der Waals surface area contributed by atoms with Gasteiger partial charge in [-0.1, -0.05) is 11.6 Å². The SMILES string of the molecule is CC(=O)N1CCN([C@@H]2CCC[C@@H](NC(=O)c3cc4cc(C)ccc4o3)[C@H]2O)CC1. The van der Waals surface area contributed by atoms with Crippen molar-refractivity contribution >= 4 is 22.8 Å². The molecule has 2 N–H and O–H groups in total. The molecule has 0 radical (unpaired) electrons. The second kappa shape index (κ2) is 8.16. The molecule has 2 amide bonds. The van der Waals surface area contributed by atoms with Crippen LogP contribution in [0.3, 0.4) is 0 Å². The van der Waals surface area contributed by atoms with E-state index in [0.29, 0.717) is 18.7 Å². The highest BCUT2D eigenvalue weighted by Gasteiger charge is 2.37. The summed E-state index contributed by atoms with van der Waals surface area (Å²) in [5, 5.41) is 14.8. The molecule has 2 aliphatic rings. The number of aliphatic hydroxyl groups excluding tert-OH is 1. The van der Waals surface area contributed by atoms with Crippen LogP contribution in [-0.4, -0.2) is 71.1 Å². The lowest BCUT2D eigenvalue weighted by molar-refractivity contribution is -0.131. The normalized spacial score (nSPS) is 25.9. The second-order valence-corrected chi connectivity index (χ2v) is 8.26. The monoisotopic (exact) mass is 399 g/mol. The third kappa shape index (κ3) is 4.16. The lowest BCUT2D eigenvalue weighted by Gasteiger charge is -2.44. The molecule has 7 nitrogen and oxygen atoms in total. The van der Waals surface area contributed by atoms with E-state index in [1.165, 1.54) is 0 Å². The van der Waals surface area contributed by atoms with Crippen LogP contribution in [0.5, 0.6) is 0 Å². The molecule has 156 valence electrons. The number of aliphatic hydroxyl groups is 1. The molecule has 7 heteroatoms. The molecule has 4 rings (SSSR count). The average Bonchev–Trinajstić information content (AvgIpc) is 3.13. The van der Waals surface area contributed by atoms with Gasteiger partial charge in [0.25, 0.3) is 5.91 Å². The lowest BCUT2D eigenvalue weighted by atomic mass is 9.86. The van der Waals surface area contributed by atoms with E-state index in [2.05, 4.69) is 10.2 Å². The van der Waals surface area contributed by atoms with Crippen LogP contribution in [0.25, 0.3) is 11.0 Å². The summed E-state index contributed by atoms with van der Waals surface area (Å²) in [5.74, 6) is 0.0833. The minimum Gasteiger partial charge on any atom is -0.451 e. The number of nitrogens with zero attached hydrogens (tertiary/aromatic N) is 2. The predicted molar refractivity (Wildman–Crippen MR) is 110 cm³/mol. The summed E-state index contributed by atoms with van der Waals surface area (Å²) < 4.78 is 5.70. The maximum atomic E-state index is 12.7. The number of aryl methyl sites for hydroxylation is 1. The zero-order chi connectivity index (χ0) is 20.5. The fourth-order valence-corrected chi connectivity index (χ4v) is 4.60. The van der Waals surface area contributed by atoms with Crippen molar-refractivity contribution in [2.24, 2.45) is 0 Å². The Morgan fingerprint density at radius 2 is 1.90 bits per heavy atom. The van der Waals surface area contributed by atoms with E-state index < -0.39 is 6.10 Å². The molecule has 1 saturated heterocycles. The van der Waals surface area contributed by atoms with Crippen molar-refractivity contribution in [3.05, 3.63) is 35.6 Å². The highest BCUT2D eigenvalue weighted by atomic mass is 16.3. The van der Waals surface area contributed by atoms with E-state index in [4.69, 9.17) is 4.42 Å². The molecular formula is C22H29N3O4. The van der Waals surface area contributed by atoms with Gasteiger partial charge in [0.05, 0.1) is 12.1 Å². The zero-order valence-corrected chi connectivity index (χ0v) is 17.1. The van der Waals surface area contributed by atoms with Gasteiger partial charge in [-0.2, -0.15) is 0 Å². The molecule has 2 heterocycles. The third-order valence-electron chi connectivity index (χ3n) is 6.26. The topological polar surface area (TPSA) is 86.0 Å². The van der Waals surface area contributed by atoms with Crippen molar-refractivity contribution in [1.29, 1.82) is 0 Å². The lowest BCUT2D eigenvalue weighted by Crippen LogP contribution is -2.60. The molecule has 0 unspecified atom stereocenters. The van der Waals surface area contributed by atoms with Crippen LogP contribution in [0, 0.1) is 6.92 Å². The Balaban J connectivity index is 1.40. The van der Waals surface area contributed by atoms with E-state index in [9.17, 15) is 14.7 Å². The maximum Gasteiger partial charge on any atom is 0.287 e. The van der Waals surface area contributed by atoms with Gasteiger partial charge in [0.2, 0.25) is 5.91 Å². The van der Waals surface area contributed by atoms with Crippen molar-refractivity contribution in [2.75, 3.05) is 26.2 Å². The van der Waals surface area contributed by atoms with Crippen molar-refractivity contribution in [1.82, 2.24) is 15.1 Å². The van der Waals surface area contributed by atoms with Crippen LogP contribution in [0.1, 0.15) is 42.3 Å². The summed E-state index contributed by atoms with van der Waals surface area (Å²) in [7, 11) is 0. The number of hydrogen-bond donors (Lipinski definition) is 2. The fourth-order valence-electron chi connectivity index (χ4n) is 4.60. The number of carbonyl (C=O) groups excluding carboxylic acids is 2. The molecule has 1 saturated carbocycles. The molecule has 29 heavy (non-hydrogen) atoms. The highest BCUT2D eigenvalue weighted by Crippen LogP contribution is 2.26. The molecule has 1 aromatic heterocycles. The predicted octanol–water partition coefficient (Wildman–Crippen LogP) is 1.92. The quantitative estimate of drug-likeness (QED) is 0.824. The Bertz CT molecular complexity index is 901. The number of hydrogen-bond acceptors (Lipinski definition) is 5. The van der Waals surface area contributed by atoms with E-state index >= 15 is 0 Å². The first-order chi connectivity index (χ1) is 13.9. The minimum absolute atomic E-state index is 0.00137. The van der Waals surface area contributed by atoms with Gasteiger partial charge in [-0.05, 0) is 44.4 Å². The van der Waals surface area contributed by atoms with Crippen LogP contribution >= 0.6 is 0 Å². The van der Waals surface area contributed by atoms with E-state index in [0.717, 1.165) is 43.3 Å². The Hall–Kier alpha value is -2.38. The molecule has 0 bridgehead atoms. The maximum absolute atomic E-state index is 12.7. The number of fused-ring (bicyclic) bond motifs is 1. The molecule has 1 aliphatic heterocycles. The van der Waals surface area contributed by atoms with Gasteiger partial charge in [0.15, 0.2) is 5.76 Å². The third-order valence-corrected chi connectivity index (χ3v) is 6.26. The summed E-state index contributed by atoms with van der Waals surface area (Å²) in [6.07, 6.45) is 1.95. The summed E-state index contributed by atoms with van der Waals surface area (Å²) in [5.41, 5.74) is 1.80. The first-order valence-corrected chi connectivity index (χ1v) is 10.4. The van der Waals surface area contributed by atoms with Gasteiger partial charge in [0.1, 0.15) is 5.58 Å². The summed E-state index contributed by atoms with van der Waals surface area (Å²) in [6, 6.07) is 7.26. The molecule has 2 fully saturated rings. The van der Waals surface area contributed by atoms with Gasteiger partial charge in [-0.25, -0.2) is 0 Å². The smallest absolute Gasteiger partial charge is 0.287 e. The standard InChI is InChI=1S/C22H29N3O4/c1-14-6-7-19-16(12-14)13-20(29-19)22(28)23-17-4-3-5-18(21(17)27)25-10-8-24(9-11-25)15(2)26/h6-7,12-13,17-18,21,27H,3-5,8-11H2,1-2H3,(H,23,28)/t17-,18-,21-/m1/s1.